The summed E-state index contributed by atoms with van der Waals surface area (Å²) in [5.74, 6) is 0.939. The largest absolute Gasteiger partial charge is 0.317 e. The van der Waals surface area contributed by atoms with Crippen LogP contribution < -0.4 is 5.32 Å². The van der Waals surface area contributed by atoms with E-state index in [1.807, 2.05) is 0 Å². The summed E-state index contributed by atoms with van der Waals surface area (Å²) < 4.78 is 0. The zero-order valence-electron chi connectivity index (χ0n) is 11.5. The van der Waals surface area contributed by atoms with Crippen LogP contribution in [0.4, 0.5) is 0 Å². The first-order chi connectivity index (χ1) is 7.81. The van der Waals surface area contributed by atoms with E-state index in [2.05, 4.69) is 31.1 Å². The van der Waals surface area contributed by atoms with E-state index in [0.717, 1.165) is 12.0 Å². The molecule has 1 saturated carbocycles. The molecule has 16 heavy (non-hydrogen) atoms. The van der Waals surface area contributed by atoms with Crippen molar-refractivity contribution < 1.29 is 0 Å². The minimum absolute atomic E-state index is 0.751. The fraction of sp³-hybridized carbons (Fsp3) is 1.00. The highest BCUT2D eigenvalue weighted by molar-refractivity contribution is 4.79. The smallest absolute Gasteiger partial charge is 0.0104 e. The van der Waals surface area contributed by atoms with Gasteiger partial charge in [-0.2, -0.15) is 0 Å². The molecular weight excluding hydrogens is 196 g/mol. The van der Waals surface area contributed by atoms with Gasteiger partial charge in [-0.3, -0.25) is 0 Å². The molecule has 0 bridgehead atoms. The lowest BCUT2D eigenvalue weighted by Crippen LogP contribution is -2.38. The first kappa shape index (κ1) is 14.0. The Labute approximate surface area is 102 Å². The number of rotatable bonds is 7. The molecule has 0 amide bonds. The molecule has 0 heterocycles. The maximum absolute atomic E-state index is 3.55. The maximum Gasteiger partial charge on any atom is 0.0104 e. The van der Waals surface area contributed by atoms with Crippen LogP contribution in [0.3, 0.4) is 0 Å². The fourth-order valence-corrected chi connectivity index (χ4v) is 3.01. The molecule has 0 aromatic carbocycles. The van der Waals surface area contributed by atoms with E-state index in [0.29, 0.717) is 0 Å². The van der Waals surface area contributed by atoms with Crippen molar-refractivity contribution in [2.75, 3.05) is 26.7 Å². The molecule has 0 aromatic rings. The van der Waals surface area contributed by atoms with Crippen LogP contribution in [0.5, 0.6) is 0 Å². The Morgan fingerprint density at radius 1 is 1.12 bits per heavy atom. The first-order valence-corrected chi connectivity index (χ1v) is 7.21. The molecule has 1 N–H and O–H groups in total. The lowest BCUT2D eigenvalue weighted by molar-refractivity contribution is 0.227. The van der Waals surface area contributed by atoms with Crippen LogP contribution in [0.2, 0.25) is 0 Å². The molecule has 1 rings (SSSR count). The van der Waals surface area contributed by atoms with Gasteiger partial charge in [-0.15, -0.1) is 0 Å². The quantitative estimate of drug-likeness (QED) is 0.718. The minimum Gasteiger partial charge on any atom is -0.317 e. The fourth-order valence-electron chi connectivity index (χ4n) is 3.01. The molecule has 0 spiro atoms. The third kappa shape index (κ3) is 4.42. The van der Waals surface area contributed by atoms with Crippen molar-refractivity contribution >= 4 is 0 Å². The second-order valence-electron chi connectivity index (χ2n) is 5.11. The van der Waals surface area contributed by atoms with Crippen molar-refractivity contribution in [1.82, 2.24) is 10.2 Å². The van der Waals surface area contributed by atoms with Crippen molar-refractivity contribution in [3.63, 3.8) is 0 Å². The van der Waals surface area contributed by atoms with Gasteiger partial charge in [-0.1, -0.05) is 33.1 Å². The van der Waals surface area contributed by atoms with Crippen molar-refractivity contribution in [3.8, 4) is 0 Å². The highest BCUT2D eigenvalue weighted by Crippen LogP contribution is 2.27. The lowest BCUT2D eigenvalue weighted by Gasteiger charge is -2.31. The predicted octanol–water partition coefficient (Wildman–Crippen LogP) is 2.89. The average molecular weight is 226 g/mol. The van der Waals surface area contributed by atoms with Crippen LogP contribution in [0.25, 0.3) is 0 Å². The molecule has 1 unspecified atom stereocenters. The van der Waals surface area contributed by atoms with Crippen LogP contribution in [0, 0.1) is 5.92 Å². The summed E-state index contributed by atoms with van der Waals surface area (Å²) in [4.78, 5) is 2.53. The normalized spacial score (nSPS) is 20.2. The average Bonchev–Trinajstić information content (AvgIpc) is 2.36. The summed E-state index contributed by atoms with van der Waals surface area (Å²) >= 11 is 0. The summed E-state index contributed by atoms with van der Waals surface area (Å²) in [5, 5.41) is 3.55. The Bertz CT molecular complexity index is 160. The molecule has 1 aliphatic carbocycles. The lowest BCUT2D eigenvalue weighted by atomic mass is 9.82. The van der Waals surface area contributed by atoms with Crippen molar-refractivity contribution in [3.05, 3.63) is 0 Å². The Morgan fingerprint density at radius 2 is 1.75 bits per heavy atom. The maximum atomic E-state index is 3.55. The van der Waals surface area contributed by atoms with Gasteiger partial charge >= 0.3 is 0 Å². The first-order valence-electron chi connectivity index (χ1n) is 7.21. The molecule has 0 aromatic heterocycles. The Morgan fingerprint density at radius 3 is 2.25 bits per heavy atom. The van der Waals surface area contributed by atoms with Crippen LogP contribution in [0.15, 0.2) is 0 Å². The van der Waals surface area contributed by atoms with Crippen LogP contribution >= 0.6 is 0 Å². The van der Waals surface area contributed by atoms with Crippen molar-refractivity contribution in [1.29, 1.82) is 0 Å². The monoisotopic (exact) mass is 226 g/mol. The zero-order valence-corrected chi connectivity index (χ0v) is 11.5. The Balaban J connectivity index is 2.29. The highest BCUT2D eigenvalue weighted by Gasteiger charge is 2.22. The third-order valence-electron chi connectivity index (χ3n) is 4.24. The van der Waals surface area contributed by atoms with Crippen molar-refractivity contribution in [2.45, 2.75) is 58.4 Å². The molecule has 0 saturated heterocycles. The number of hydrogen-bond acceptors (Lipinski definition) is 2. The van der Waals surface area contributed by atoms with Gasteiger partial charge in [0.2, 0.25) is 0 Å². The topological polar surface area (TPSA) is 15.3 Å². The molecular formula is C14H30N2. The summed E-state index contributed by atoms with van der Waals surface area (Å²) in [5.41, 5.74) is 0. The van der Waals surface area contributed by atoms with E-state index in [-0.39, 0.29) is 0 Å². The van der Waals surface area contributed by atoms with E-state index in [1.165, 1.54) is 58.2 Å². The molecule has 1 aliphatic rings. The molecule has 96 valence electrons. The van der Waals surface area contributed by atoms with E-state index in [9.17, 15) is 0 Å². The van der Waals surface area contributed by atoms with Gasteiger partial charge in [0.25, 0.3) is 0 Å². The summed E-state index contributed by atoms with van der Waals surface area (Å²) in [6, 6.07) is 0.751. The van der Waals surface area contributed by atoms with Gasteiger partial charge in [0.15, 0.2) is 0 Å². The number of hydrogen-bond donors (Lipinski definition) is 1. The molecule has 1 fully saturated rings. The molecule has 0 radical (unpaired) electrons. The van der Waals surface area contributed by atoms with Crippen LogP contribution in [0.1, 0.15) is 52.4 Å². The highest BCUT2D eigenvalue weighted by atomic mass is 15.1. The Hall–Kier alpha value is -0.0800. The van der Waals surface area contributed by atoms with E-state index in [1.54, 1.807) is 0 Å². The van der Waals surface area contributed by atoms with Crippen molar-refractivity contribution in [2.24, 2.45) is 5.92 Å². The summed E-state index contributed by atoms with van der Waals surface area (Å²) in [6.07, 6.45) is 8.58. The summed E-state index contributed by atoms with van der Waals surface area (Å²) in [7, 11) is 2.14. The standard InChI is InChI=1S/C14H30N2/c1-4-16(5-2)12-11-14(15-3)13-9-7-6-8-10-13/h13-15H,4-12H2,1-3H3. The molecule has 0 aliphatic heterocycles. The van der Waals surface area contributed by atoms with Crippen LogP contribution in [-0.4, -0.2) is 37.6 Å². The molecule has 1 atom stereocenters. The third-order valence-corrected chi connectivity index (χ3v) is 4.24. The van der Waals surface area contributed by atoms with E-state index >= 15 is 0 Å². The van der Waals surface area contributed by atoms with E-state index in [4.69, 9.17) is 0 Å². The number of nitrogens with zero attached hydrogens (tertiary/aromatic N) is 1. The predicted molar refractivity (Wildman–Crippen MR) is 71.8 cm³/mol. The van der Waals surface area contributed by atoms with Gasteiger partial charge in [-0.25, -0.2) is 0 Å². The second kappa shape index (κ2) is 8.08. The molecule has 2 nitrogen and oxygen atoms in total. The van der Waals surface area contributed by atoms with Gasteiger partial charge in [-0.05, 0) is 51.9 Å². The van der Waals surface area contributed by atoms with Gasteiger partial charge < -0.3 is 10.2 Å². The second-order valence-corrected chi connectivity index (χ2v) is 5.11. The minimum atomic E-state index is 0.751. The van der Waals surface area contributed by atoms with E-state index < -0.39 is 0 Å². The van der Waals surface area contributed by atoms with Gasteiger partial charge in [0.1, 0.15) is 0 Å². The summed E-state index contributed by atoms with van der Waals surface area (Å²) in [6.45, 7) is 8.17. The SMILES string of the molecule is CCN(CC)CCC(NC)C1CCCCC1. The van der Waals surface area contributed by atoms with Gasteiger partial charge in [0, 0.05) is 6.04 Å². The van der Waals surface area contributed by atoms with Gasteiger partial charge in [0.05, 0.1) is 0 Å². The molecule has 2 heteroatoms. The number of nitrogens with one attached hydrogen (secondary N) is 1. The Kier molecular flexibility index (Phi) is 7.06. The van der Waals surface area contributed by atoms with Crippen LogP contribution in [-0.2, 0) is 0 Å². The zero-order chi connectivity index (χ0) is 11.8.